The Morgan fingerprint density at radius 3 is 2.27 bits per heavy atom. The van der Waals surface area contributed by atoms with Gasteiger partial charge in [0.2, 0.25) is 11.8 Å². The lowest BCUT2D eigenvalue weighted by molar-refractivity contribution is -0.146. The number of carbonyl (C=O) groups excluding carboxylic acids is 4. The van der Waals surface area contributed by atoms with E-state index in [0.29, 0.717) is 17.9 Å². The van der Waals surface area contributed by atoms with Crippen molar-refractivity contribution in [2.45, 2.75) is 98.4 Å². The number of phenols is 1. The monoisotopic (exact) mass is 565 g/mol. The molecule has 3 amide bonds. The highest BCUT2D eigenvalue weighted by Gasteiger charge is 2.40. The fraction of sp³-hybridized carbons (Fsp3) is 0.655. The zero-order valence-corrected chi connectivity index (χ0v) is 25.1. The summed E-state index contributed by atoms with van der Waals surface area (Å²) in [6, 6.07) is 1.59. The van der Waals surface area contributed by atoms with Crippen molar-refractivity contribution in [1.82, 2.24) is 15.5 Å². The van der Waals surface area contributed by atoms with Crippen LogP contribution in [0.1, 0.15) is 84.9 Å². The summed E-state index contributed by atoms with van der Waals surface area (Å²) in [7, 11) is 0. The predicted octanol–water partition coefficient (Wildman–Crippen LogP) is 3.35. The van der Waals surface area contributed by atoms with Crippen LogP contribution in [-0.4, -0.2) is 76.4 Å². The Morgan fingerprint density at radius 1 is 1.07 bits per heavy atom. The molecule has 226 valence electrons. The molecule has 0 aliphatic heterocycles. The van der Waals surface area contributed by atoms with Crippen molar-refractivity contribution in [2.24, 2.45) is 5.92 Å². The number of hydrogen-bond acceptors (Lipinski definition) is 8. The highest BCUT2D eigenvalue weighted by Crippen LogP contribution is 2.34. The van der Waals surface area contributed by atoms with Crippen molar-refractivity contribution in [1.29, 1.82) is 0 Å². The molecule has 0 spiro atoms. The number of nitrogens with one attached hydrogen (secondary N) is 2. The zero-order chi connectivity index (χ0) is 30.6. The number of rotatable bonds is 14. The van der Waals surface area contributed by atoms with Crippen LogP contribution in [0.3, 0.4) is 0 Å². The molecule has 0 aromatic heterocycles. The van der Waals surface area contributed by atoms with E-state index in [0.717, 1.165) is 6.42 Å². The molecule has 1 rings (SSSR count). The molecule has 0 aliphatic rings. The van der Waals surface area contributed by atoms with E-state index in [1.807, 2.05) is 13.8 Å². The van der Waals surface area contributed by atoms with Gasteiger partial charge < -0.3 is 35.2 Å². The zero-order valence-electron chi connectivity index (χ0n) is 25.1. The minimum Gasteiger partial charge on any atom is -0.507 e. The first-order chi connectivity index (χ1) is 18.6. The molecule has 11 nitrogen and oxygen atoms in total. The molecule has 3 atom stereocenters. The Balaban J connectivity index is 3.55. The van der Waals surface area contributed by atoms with Gasteiger partial charge in [-0.2, -0.15) is 0 Å². The largest absolute Gasteiger partial charge is 0.507 e. The number of benzene rings is 1. The highest BCUT2D eigenvalue weighted by atomic mass is 16.6. The molecule has 0 heterocycles. The van der Waals surface area contributed by atoms with Gasteiger partial charge in [0.1, 0.15) is 23.4 Å². The SMILES string of the molecule is CCOC(=O)CCNC(=O)C(c1cccc(C)c1O)N(C(=O)C(CO)NC(=O)OC(C)(C)C)C(C)CCC(C)C. The summed E-state index contributed by atoms with van der Waals surface area (Å²) in [5.74, 6) is -1.71. The smallest absolute Gasteiger partial charge is 0.408 e. The minimum absolute atomic E-state index is 0.0528. The summed E-state index contributed by atoms with van der Waals surface area (Å²) in [5.41, 5.74) is -0.173. The highest BCUT2D eigenvalue weighted by molar-refractivity contribution is 5.93. The summed E-state index contributed by atoms with van der Waals surface area (Å²) in [4.78, 5) is 53.3. The van der Waals surface area contributed by atoms with Gasteiger partial charge in [-0.25, -0.2) is 4.79 Å². The van der Waals surface area contributed by atoms with Crippen LogP contribution in [0.4, 0.5) is 4.79 Å². The van der Waals surface area contributed by atoms with Gasteiger partial charge in [-0.3, -0.25) is 14.4 Å². The van der Waals surface area contributed by atoms with E-state index in [2.05, 4.69) is 10.6 Å². The molecule has 0 radical (unpaired) electrons. The standard InChI is InChI=1S/C29H47N3O8/c1-9-39-23(34)15-16-30-26(36)24(21-12-10-11-19(4)25(21)35)32(20(5)14-13-18(2)3)27(37)22(17-33)31-28(38)40-29(6,7)8/h10-12,18,20,22,24,33,35H,9,13-17H2,1-8H3,(H,30,36)(H,31,38). The van der Waals surface area contributed by atoms with Crippen LogP contribution >= 0.6 is 0 Å². The second-order valence-corrected chi connectivity index (χ2v) is 11.2. The van der Waals surface area contributed by atoms with E-state index in [4.69, 9.17) is 9.47 Å². The molecule has 0 saturated carbocycles. The number of aliphatic hydroxyl groups is 1. The molecule has 1 aromatic rings. The second-order valence-electron chi connectivity index (χ2n) is 11.2. The normalized spacial score (nSPS) is 13.7. The number of para-hydroxylation sites is 1. The van der Waals surface area contributed by atoms with Crippen molar-refractivity contribution in [3.05, 3.63) is 29.3 Å². The van der Waals surface area contributed by atoms with Gasteiger partial charge >= 0.3 is 12.1 Å². The third kappa shape index (κ3) is 11.0. The van der Waals surface area contributed by atoms with Crippen LogP contribution in [0, 0.1) is 12.8 Å². The Kier molecular flexibility index (Phi) is 13.9. The number of esters is 1. The lowest BCUT2D eigenvalue weighted by Gasteiger charge is -2.38. The Morgan fingerprint density at radius 2 is 1.73 bits per heavy atom. The number of phenolic OH excluding ortho intramolecular Hbond substituents is 1. The maximum atomic E-state index is 14.0. The molecular formula is C29H47N3O8. The quantitative estimate of drug-likeness (QED) is 0.250. The third-order valence-electron chi connectivity index (χ3n) is 6.09. The molecule has 0 aliphatic carbocycles. The van der Waals surface area contributed by atoms with Gasteiger partial charge in [0, 0.05) is 18.2 Å². The van der Waals surface area contributed by atoms with Gasteiger partial charge in [0.15, 0.2) is 0 Å². The minimum atomic E-state index is -1.42. The summed E-state index contributed by atoms with van der Waals surface area (Å²) in [6.45, 7) is 13.6. The van der Waals surface area contributed by atoms with E-state index < -0.39 is 54.2 Å². The van der Waals surface area contributed by atoms with E-state index >= 15 is 0 Å². The van der Waals surface area contributed by atoms with Crippen molar-refractivity contribution >= 4 is 23.9 Å². The van der Waals surface area contributed by atoms with Gasteiger partial charge in [0.05, 0.1) is 19.6 Å². The molecule has 0 saturated heterocycles. The Labute approximate surface area is 237 Å². The molecule has 4 N–H and O–H groups in total. The van der Waals surface area contributed by atoms with Crippen molar-refractivity contribution in [2.75, 3.05) is 19.8 Å². The van der Waals surface area contributed by atoms with Gasteiger partial charge in [-0.15, -0.1) is 0 Å². The third-order valence-corrected chi connectivity index (χ3v) is 6.09. The van der Waals surface area contributed by atoms with Crippen molar-refractivity contribution in [3.8, 4) is 5.75 Å². The van der Waals surface area contributed by atoms with Crippen molar-refractivity contribution < 1.29 is 38.9 Å². The molecule has 1 aromatic carbocycles. The number of aromatic hydroxyl groups is 1. The van der Waals surface area contributed by atoms with Crippen LogP contribution in [0.25, 0.3) is 0 Å². The van der Waals surface area contributed by atoms with E-state index in [1.165, 1.54) is 4.90 Å². The predicted molar refractivity (Wildman–Crippen MR) is 150 cm³/mol. The number of hydrogen-bond donors (Lipinski definition) is 4. The van der Waals surface area contributed by atoms with Gasteiger partial charge in [-0.1, -0.05) is 32.0 Å². The molecule has 40 heavy (non-hydrogen) atoms. The topological polar surface area (TPSA) is 154 Å². The van der Waals surface area contributed by atoms with E-state index in [1.54, 1.807) is 59.7 Å². The molecular weight excluding hydrogens is 518 g/mol. The number of aryl methyl sites for hydroxylation is 1. The average molecular weight is 566 g/mol. The Bertz CT molecular complexity index is 1010. The fourth-order valence-corrected chi connectivity index (χ4v) is 4.07. The maximum Gasteiger partial charge on any atom is 0.408 e. The number of ether oxygens (including phenoxy) is 2. The number of nitrogens with zero attached hydrogens (tertiary/aromatic N) is 1. The molecule has 0 bridgehead atoms. The number of aliphatic hydroxyl groups excluding tert-OH is 1. The lowest BCUT2D eigenvalue weighted by atomic mass is 9.95. The fourth-order valence-electron chi connectivity index (χ4n) is 4.07. The summed E-state index contributed by atoms with van der Waals surface area (Å²) >= 11 is 0. The van der Waals surface area contributed by atoms with Gasteiger partial charge in [-0.05, 0) is 65.9 Å². The Hall–Kier alpha value is -3.34. The molecule has 11 heteroatoms. The molecule has 0 fully saturated rings. The number of alkyl carbamates (subject to hydrolysis) is 1. The first-order valence-corrected chi connectivity index (χ1v) is 13.8. The maximum absolute atomic E-state index is 14.0. The van der Waals surface area contributed by atoms with E-state index in [9.17, 15) is 29.4 Å². The lowest BCUT2D eigenvalue weighted by Crippen LogP contribution is -2.56. The van der Waals surface area contributed by atoms with Crippen LogP contribution in [0.2, 0.25) is 0 Å². The van der Waals surface area contributed by atoms with Crippen LogP contribution in [-0.2, 0) is 23.9 Å². The first kappa shape index (κ1) is 34.7. The molecule has 3 unspecified atom stereocenters. The van der Waals surface area contributed by atoms with Crippen LogP contribution < -0.4 is 10.6 Å². The summed E-state index contributed by atoms with van der Waals surface area (Å²) in [5, 5.41) is 26.2. The number of carbonyl (C=O) groups is 4. The second kappa shape index (κ2) is 16.1. The number of amides is 3. The average Bonchev–Trinajstić information content (AvgIpc) is 2.85. The summed E-state index contributed by atoms with van der Waals surface area (Å²) < 4.78 is 10.2. The summed E-state index contributed by atoms with van der Waals surface area (Å²) in [6.07, 6.45) is 0.254. The van der Waals surface area contributed by atoms with Crippen LogP contribution in [0.5, 0.6) is 5.75 Å². The van der Waals surface area contributed by atoms with Crippen molar-refractivity contribution in [3.63, 3.8) is 0 Å². The first-order valence-electron chi connectivity index (χ1n) is 13.8. The van der Waals surface area contributed by atoms with Crippen LogP contribution in [0.15, 0.2) is 18.2 Å². The van der Waals surface area contributed by atoms with Gasteiger partial charge in [0.25, 0.3) is 0 Å². The van der Waals surface area contributed by atoms with E-state index in [-0.39, 0.29) is 30.9 Å².